The molecule has 0 aliphatic heterocycles. The van der Waals surface area contributed by atoms with E-state index in [9.17, 15) is 4.79 Å². The average Bonchev–Trinajstić information content (AvgIpc) is 2.05. The van der Waals surface area contributed by atoms with E-state index in [-0.39, 0.29) is 0 Å². The number of hydrogen-bond donors (Lipinski definition) is 0. The summed E-state index contributed by atoms with van der Waals surface area (Å²) in [6.45, 7) is 4.05. The van der Waals surface area contributed by atoms with Crippen molar-refractivity contribution in [1.29, 1.82) is 0 Å². The molecule has 11 heavy (non-hydrogen) atoms. The Bertz CT molecular complexity index is 258. The van der Waals surface area contributed by atoms with E-state index < -0.39 is 0 Å². The number of nitrogens with zero attached hydrogens (tertiary/aromatic N) is 2. The molecule has 0 aliphatic rings. The highest BCUT2D eigenvalue weighted by Gasteiger charge is 2.00. The van der Waals surface area contributed by atoms with Crippen molar-refractivity contribution in [2.75, 3.05) is 0 Å². The maximum Gasteiger partial charge on any atom is 0.168 e. The molecule has 0 aliphatic carbocycles. The fourth-order valence-electron chi connectivity index (χ4n) is 0.768. The van der Waals surface area contributed by atoms with E-state index in [1.807, 2.05) is 13.8 Å². The van der Waals surface area contributed by atoms with Crippen LogP contribution in [0, 0.1) is 0 Å². The van der Waals surface area contributed by atoms with E-state index in [0.29, 0.717) is 11.6 Å². The van der Waals surface area contributed by atoms with Crippen LogP contribution in [0.3, 0.4) is 0 Å². The summed E-state index contributed by atoms with van der Waals surface area (Å²) in [5, 5.41) is 0. The van der Waals surface area contributed by atoms with Gasteiger partial charge in [0.05, 0.1) is 0 Å². The second kappa shape index (κ2) is 3.23. The second-order valence-corrected chi connectivity index (χ2v) is 2.64. The SMILES string of the molecule is CC(C)c1cc(C=O)ncn1. The van der Waals surface area contributed by atoms with E-state index in [0.717, 1.165) is 12.0 Å². The molecule has 1 heterocycles. The average molecular weight is 150 g/mol. The van der Waals surface area contributed by atoms with Crippen LogP contribution in [0.25, 0.3) is 0 Å². The molecule has 0 unspecified atom stereocenters. The molecule has 0 saturated carbocycles. The summed E-state index contributed by atoms with van der Waals surface area (Å²) < 4.78 is 0. The van der Waals surface area contributed by atoms with Gasteiger partial charge in [-0.25, -0.2) is 9.97 Å². The molecule has 0 spiro atoms. The quantitative estimate of drug-likeness (QED) is 0.598. The Kier molecular flexibility index (Phi) is 2.31. The molecule has 0 atom stereocenters. The van der Waals surface area contributed by atoms with Gasteiger partial charge in [-0.3, -0.25) is 4.79 Å². The Hall–Kier alpha value is -1.25. The van der Waals surface area contributed by atoms with E-state index in [1.165, 1.54) is 6.33 Å². The molecule has 3 heteroatoms. The minimum Gasteiger partial charge on any atom is -0.296 e. The molecule has 0 N–H and O–H groups in total. The van der Waals surface area contributed by atoms with Gasteiger partial charge in [-0.2, -0.15) is 0 Å². The van der Waals surface area contributed by atoms with Crippen molar-refractivity contribution >= 4 is 6.29 Å². The third kappa shape index (κ3) is 1.83. The molecule has 58 valence electrons. The highest BCUT2D eigenvalue weighted by molar-refractivity contribution is 5.71. The summed E-state index contributed by atoms with van der Waals surface area (Å²) in [6, 6.07) is 1.71. The molecule has 0 aromatic carbocycles. The van der Waals surface area contributed by atoms with Crippen molar-refractivity contribution in [3.63, 3.8) is 0 Å². The first kappa shape index (κ1) is 7.85. The molecule has 0 amide bonds. The highest BCUT2D eigenvalue weighted by atomic mass is 16.1. The highest BCUT2D eigenvalue weighted by Crippen LogP contribution is 2.09. The first-order valence-electron chi connectivity index (χ1n) is 3.51. The van der Waals surface area contributed by atoms with Gasteiger partial charge in [0.25, 0.3) is 0 Å². The van der Waals surface area contributed by atoms with Crippen molar-refractivity contribution < 1.29 is 4.79 Å². The number of aldehydes is 1. The molecular formula is C8H10N2O. The Morgan fingerprint density at radius 3 is 2.73 bits per heavy atom. The Labute approximate surface area is 65.5 Å². The smallest absolute Gasteiger partial charge is 0.168 e. The normalized spacial score (nSPS) is 10.1. The van der Waals surface area contributed by atoms with Crippen LogP contribution in [-0.4, -0.2) is 16.3 Å². The zero-order valence-electron chi connectivity index (χ0n) is 6.61. The number of rotatable bonds is 2. The van der Waals surface area contributed by atoms with Crippen LogP contribution in [-0.2, 0) is 0 Å². The molecule has 3 nitrogen and oxygen atoms in total. The lowest BCUT2D eigenvalue weighted by molar-refractivity contribution is 0.111. The van der Waals surface area contributed by atoms with Crippen LogP contribution in [0.1, 0.15) is 35.9 Å². The maximum absolute atomic E-state index is 10.3. The van der Waals surface area contributed by atoms with Crippen LogP contribution in [0.4, 0.5) is 0 Å². The minimum atomic E-state index is 0.344. The Morgan fingerprint density at radius 2 is 2.18 bits per heavy atom. The van der Waals surface area contributed by atoms with Gasteiger partial charge in [0.15, 0.2) is 6.29 Å². The van der Waals surface area contributed by atoms with Gasteiger partial charge in [-0.1, -0.05) is 13.8 Å². The molecule has 0 saturated heterocycles. The summed E-state index contributed by atoms with van der Waals surface area (Å²) in [5.41, 5.74) is 1.35. The van der Waals surface area contributed by atoms with Gasteiger partial charge >= 0.3 is 0 Å². The van der Waals surface area contributed by atoms with E-state index in [2.05, 4.69) is 9.97 Å². The molecular weight excluding hydrogens is 140 g/mol. The number of carbonyl (C=O) groups is 1. The molecule has 0 radical (unpaired) electrons. The van der Waals surface area contributed by atoms with Gasteiger partial charge in [-0.05, 0) is 12.0 Å². The minimum absolute atomic E-state index is 0.344. The van der Waals surface area contributed by atoms with Gasteiger partial charge in [0.2, 0.25) is 0 Å². The van der Waals surface area contributed by atoms with Crippen LogP contribution in [0.15, 0.2) is 12.4 Å². The Balaban J connectivity index is 3.00. The predicted octanol–water partition coefficient (Wildman–Crippen LogP) is 1.41. The molecule has 1 aromatic rings. The van der Waals surface area contributed by atoms with Crippen LogP contribution < -0.4 is 0 Å². The summed E-state index contributed by atoms with van der Waals surface area (Å²) in [5.74, 6) is 0.344. The summed E-state index contributed by atoms with van der Waals surface area (Å²) in [6.07, 6.45) is 2.15. The van der Waals surface area contributed by atoms with Crippen molar-refractivity contribution in [2.24, 2.45) is 0 Å². The Morgan fingerprint density at radius 1 is 1.45 bits per heavy atom. The molecule has 0 fully saturated rings. The fourth-order valence-corrected chi connectivity index (χ4v) is 0.768. The zero-order chi connectivity index (χ0) is 8.27. The number of hydrogen-bond acceptors (Lipinski definition) is 3. The lowest BCUT2D eigenvalue weighted by Crippen LogP contribution is -1.96. The third-order valence-electron chi connectivity index (χ3n) is 1.42. The second-order valence-electron chi connectivity index (χ2n) is 2.64. The lowest BCUT2D eigenvalue weighted by atomic mass is 10.1. The summed E-state index contributed by atoms with van der Waals surface area (Å²) in [7, 11) is 0. The number of carbonyl (C=O) groups excluding carboxylic acids is 1. The van der Waals surface area contributed by atoms with Gasteiger partial charge in [0.1, 0.15) is 12.0 Å². The van der Waals surface area contributed by atoms with Crippen molar-refractivity contribution in [1.82, 2.24) is 9.97 Å². The molecule has 1 aromatic heterocycles. The molecule has 0 bridgehead atoms. The first-order valence-corrected chi connectivity index (χ1v) is 3.51. The topological polar surface area (TPSA) is 42.9 Å². The number of aromatic nitrogens is 2. The van der Waals surface area contributed by atoms with E-state index in [4.69, 9.17) is 0 Å². The van der Waals surface area contributed by atoms with Gasteiger partial charge in [-0.15, -0.1) is 0 Å². The monoisotopic (exact) mass is 150 g/mol. The van der Waals surface area contributed by atoms with Crippen molar-refractivity contribution in [3.05, 3.63) is 23.8 Å². The maximum atomic E-state index is 10.3. The standard InChI is InChI=1S/C8H10N2O/c1-6(2)8-3-7(4-11)9-5-10-8/h3-6H,1-2H3. The predicted molar refractivity (Wildman–Crippen MR) is 41.5 cm³/mol. The van der Waals surface area contributed by atoms with Gasteiger partial charge < -0.3 is 0 Å². The van der Waals surface area contributed by atoms with E-state index in [1.54, 1.807) is 6.07 Å². The largest absolute Gasteiger partial charge is 0.296 e. The van der Waals surface area contributed by atoms with Crippen LogP contribution in [0.5, 0.6) is 0 Å². The fraction of sp³-hybridized carbons (Fsp3) is 0.375. The van der Waals surface area contributed by atoms with Crippen LogP contribution in [0.2, 0.25) is 0 Å². The third-order valence-corrected chi connectivity index (χ3v) is 1.42. The zero-order valence-corrected chi connectivity index (χ0v) is 6.61. The first-order chi connectivity index (χ1) is 5.24. The van der Waals surface area contributed by atoms with Crippen LogP contribution >= 0.6 is 0 Å². The summed E-state index contributed by atoms with van der Waals surface area (Å²) in [4.78, 5) is 18.1. The van der Waals surface area contributed by atoms with Crippen molar-refractivity contribution in [2.45, 2.75) is 19.8 Å². The van der Waals surface area contributed by atoms with E-state index >= 15 is 0 Å². The summed E-state index contributed by atoms with van der Waals surface area (Å²) >= 11 is 0. The van der Waals surface area contributed by atoms with Crippen molar-refractivity contribution in [3.8, 4) is 0 Å². The lowest BCUT2D eigenvalue weighted by Gasteiger charge is -2.01. The molecule has 1 rings (SSSR count). The van der Waals surface area contributed by atoms with Gasteiger partial charge in [0, 0.05) is 5.69 Å².